The van der Waals surface area contributed by atoms with Crippen LogP contribution in [0.3, 0.4) is 0 Å². The molecule has 0 aromatic carbocycles. The molecule has 0 bridgehead atoms. The van der Waals surface area contributed by atoms with Gasteiger partial charge in [-0.15, -0.1) is 0 Å². The van der Waals surface area contributed by atoms with Gasteiger partial charge in [-0.1, -0.05) is 44.4 Å². The summed E-state index contributed by atoms with van der Waals surface area (Å²) in [5.74, 6) is 0.134. The number of amides is 1. The number of carbonyl (C=O) groups is 1. The summed E-state index contributed by atoms with van der Waals surface area (Å²) in [5, 5.41) is 3.66. The fourth-order valence-electron chi connectivity index (χ4n) is 2.47. The molecule has 0 spiro atoms. The lowest BCUT2D eigenvalue weighted by molar-refractivity contribution is -0.118. The first-order chi connectivity index (χ1) is 9.12. The van der Waals surface area contributed by atoms with Crippen molar-refractivity contribution in [2.45, 2.75) is 64.2 Å². The van der Waals surface area contributed by atoms with Crippen molar-refractivity contribution >= 4 is 17.7 Å². The van der Waals surface area contributed by atoms with Crippen LogP contribution >= 0.6 is 11.8 Å². The van der Waals surface area contributed by atoms with Gasteiger partial charge in [0.05, 0.1) is 0 Å². The molecular weight excluding hydrogens is 254 g/mol. The highest BCUT2D eigenvalue weighted by Gasteiger charge is 2.21. The van der Waals surface area contributed by atoms with Crippen LogP contribution < -0.4 is 5.32 Å². The van der Waals surface area contributed by atoms with Gasteiger partial charge in [0.25, 0.3) is 0 Å². The normalized spacial score (nSPS) is 19.1. The number of rotatable bonds is 7. The first-order valence-corrected chi connectivity index (χ1v) is 8.62. The number of allylic oxidation sites excluding steroid dienone is 2. The van der Waals surface area contributed by atoms with Gasteiger partial charge in [0, 0.05) is 16.9 Å². The molecule has 0 aliphatic heterocycles. The van der Waals surface area contributed by atoms with E-state index in [2.05, 4.69) is 38.4 Å². The number of nitrogens with one attached hydrogen (secondary N) is 1. The molecule has 1 amide bonds. The van der Waals surface area contributed by atoms with Crippen LogP contribution in [0.5, 0.6) is 0 Å². The fourth-order valence-corrected chi connectivity index (χ4v) is 3.27. The van der Waals surface area contributed by atoms with E-state index in [4.69, 9.17) is 0 Å². The summed E-state index contributed by atoms with van der Waals surface area (Å²) < 4.78 is 0. The summed E-state index contributed by atoms with van der Waals surface area (Å²) in [6, 6.07) is 0.336. The molecule has 0 radical (unpaired) electrons. The second-order valence-corrected chi connectivity index (χ2v) is 6.32. The van der Waals surface area contributed by atoms with E-state index in [1.165, 1.54) is 5.57 Å². The summed E-state index contributed by atoms with van der Waals surface area (Å²) >= 11 is 1.83. The topological polar surface area (TPSA) is 29.1 Å². The molecule has 0 fully saturated rings. The molecule has 1 aliphatic rings. The Labute approximate surface area is 122 Å². The molecule has 0 saturated carbocycles. The lowest BCUT2D eigenvalue weighted by Gasteiger charge is -2.23. The first-order valence-electron chi connectivity index (χ1n) is 7.33. The predicted molar refractivity (Wildman–Crippen MR) is 85.5 cm³/mol. The van der Waals surface area contributed by atoms with E-state index >= 15 is 0 Å². The second kappa shape index (κ2) is 8.47. The molecule has 1 rings (SSSR count). The maximum Gasteiger partial charge on any atom is 0.247 e. The average Bonchev–Trinajstić information content (AvgIpc) is 2.39. The van der Waals surface area contributed by atoms with E-state index in [0.29, 0.717) is 11.3 Å². The minimum atomic E-state index is 0.134. The maximum absolute atomic E-state index is 12.3. The van der Waals surface area contributed by atoms with Crippen LogP contribution in [0.15, 0.2) is 23.3 Å². The minimum absolute atomic E-state index is 0.134. The Kier molecular flexibility index (Phi) is 7.29. The zero-order chi connectivity index (χ0) is 14.3. The van der Waals surface area contributed by atoms with Crippen molar-refractivity contribution in [3.05, 3.63) is 23.3 Å². The van der Waals surface area contributed by atoms with E-state index in [9.17, 15) is 4.79 Å². The largest absolute Gasteiger partial charge is 0.350 e. The van der Waals surface area contributed by atoms with Crippen LogP contribution in [0.1, 0.15) is 52.9 Å². The lowest BCUT2D eigenvalue weighted by Crippen LogP contribution is -2.36. The highest BCUT2D eigenvalue weighted by molar-refractivity contribution is 7.99. The van der Waals surface area contributed by atoms with E-state index in [1.54, 1.807) is 0 Å². The van der Waals surface area contributed by atoms with Crippen molar-refractivity contribution in [3.63, 3.8) is 0 Å². The Morgan fingerprint density at radius 2 is 2.00 bits per heavy atom. The molecule has 1 aliphatic carbocycles. The van der Waals surface area contributed by atoms with Crippen LogP contribution in [0, 0.1) is 0 Å². The molecule has 1 unspecified atom stereocenters. The Balaban J connectivity index is 2.62. The van der Waals surface area contributed by atoms with Gasteiger partial charge in [-0.25, -0.2) is 0 Å². The van der Waals surface area contributed by atoms with E-state index in [0.717, 1.165) is 37.7 Å². The van der Waals surface area contributed by atoms with Crippen molar-refractivity contribution in [1.82, 2.24) is 5.32 Å². The third kappa shape index (κ3) is 5.06. The number of hydrogen-bond acceptors (Lipinski definition) is 2. The van der Waals surface area contributed by atoms with Crippen LogP contribution in [0.2, 0.25) is 0 Å². The maximum atomic E-state index is 12.3. The van der Waals surface area contributed by atoms with Crippen molar-refractivity contribution < 1.29 is 4.79 Å². The smallest absolute Gasteiger partial charge is 0.247 e. The highest BCUT2D eigenvalue weighted by atomic mass is 32.2. The zero-order valence-corrected chi connectivity index (χ0v) is 13.5. The van der Waals surface area contributed by atoms with Crippen molar-refractivity contribution in [3.8, 4) is 0 Å². The summed E-state index contributed by atoms with van der Waals surface area (Å²) in [4.78, 5) is 12.3. The third-order valence-electron chi connectivity index (χ3n) is 3.65. The van der Waals surface area contributed by atoms with Crippen molar-refractivity contribution in [1.29, 1.82) is 0 Å². The van der Waals surface area contributed by atoms with Crippen LogP contribution in [-0.2, 0) is 4.79 Å². The Morgan fingerprint density at radius 3 is 2.53 bits per heavy atom. The molecule has 1 atom stereocenters. The highest BCUT2D eigenvalue weighted by Crippen LogP contribution is 2.28. The fraction of sp³-hybridized carbons (Fsp3) is 0.688. The predicted octanol–water partition coefficient (Wildman–Crippen LogP) is 4.08. The average molecular weight is 281 g/mol. The molecule has 0 heterocycles. The molecular formula is C16H27NOS. The second-order valence-electron chi connectivity index (χ2n) is 5.28. The monoisotopic (exact) mass is 281 g/mol. The summed E-state index contributed by atoms with van der Waals surface area (Å²) in [5.41, 5.74) is 2.30. The van der Waals surface area contributed by atoms with Crippen LogP contribution in [0.4, 0.5) is 0 Å². The Morgan fingerprint density at radius 1 is 1.37 bits per heavy atom. The number of thioether (sulfide) groups is 1. The Bertz CT molecular complexity index is 354. The summed E-state index contributed by atoms with van der Waals surface area (Å²) in [6.45, 7) is 6.48. The zero-order valence-electron chi connectivity index (χ0n) is 12.7. The van der Waals surface area contributed by atoms with E-state index in [-0.39, 0.29) is 5.91 Å². The standard InChI is InChI=1S/C16H27NOS/c1-5-7-14(8-6-2)17-16(18)13-10-9-12(3)15(11-13)19-4/h9-10,14-15H,5-8,11H2,1-4H3,(H,17,18). The summed E-state index contributed by atoms with van der Waals surface area (Å²) in [7, 11) is 0. The molecule has 3 heteroatoms. The van der Waals surface area contributed by atoms with E-state index < -0.39 is 0 Å². The molecule has 1 N–H and O–H groups in total. The quantitative estimate of drug-likeness (QED) is 0.762. The van der Waals surface area contributed by atoms with Gasteiger partial charge in [-0.2, -0.15) is 11.8 Å². The first kappa shape index (κ1) is 16.4. The van der Waals surface area contributed by atoms with Crippen molar-refractivity contribution in [2.24, 2.45) is 0 Å². The third-order valence-corrected chi connectivity index (χ3v) is 4.75. The van der Waals surface area contributed by atoms with Gasteiger partial charge < -0.3 is 5.32 Å². The van der Waals surface area contributed by atoms with Crippen LogP contribution in [-0.4, -0.2) is 23.5 Å². The van der Waals surface area contributed by atoms with Crippen molar-refractivity contribution in [2.75, 3.05) is 6.26 Å². The molecule has 2 nitrogen and oxygen atoms in total. The van der Waals surface area contributed by atoms with Gasteiger partial charge in [-0.3, -0.25) is 4.79 Å². The Hall–Kier alpha value is -0.700. The van der Waals surface area contributed by atoms with Gasteiger partial charge in [-0.05, 0) is 32.4 Å². The molecule has 0 aromatic rings. The lowest BCUT2D eigenvalue weighted by atomic mass is 9.97. The summed E-state index contributed by atoms with van der Waals surface area (Å²) in [6.07, 6.45) is 11.5. The molecule has 108 valence electrons. The van der Waals surface area contributed by atoms with Gasteiger partial charge in [0.2, 0.25) is 5.91 Å². The molecule has 0 aromatic heterocycles. The van der Waals surface area contributed by atoms with Gasteiger partial charge >= 0.3 is 0 Å². The minimum Gasteiger partial charge on any atom is -0.350 e. The van der Waals surface area contributed by atoms with Gasteiger partial charge in [0.1, 0.15) is 0 Å². The van der Waals surface area contributed by atoms with E-state index in [1.807, 2.05) is 17.8 Å². The SMILES string of the molecule is CCCC(CCC)NC(=O)C1=CC=C(C)C(SC)C1. The molecule has 19 heavy (non-hydrogen) atoms. The van der Waals surface area contributed by atoms with Crippen LogP contribution in [0.25, 0.3) is 0 Å². The number of carbonyl (C=O) groups excluding carboxylic acids is 1. The number of hydrogen-bond donors (Lipinski definition) is 1. The molecule has 0 saturated heterocycles. The van der Waals surface area contributed by atoms with Gasteiger partial charge in [0.15, 0.2) is 0 Å².